The third kappa shape index (κ3) is 4.12. The molecule has 1 aliphatic rings. The van der Waals surface area contributed by atoms with Crippen molar-refractivity contribution in [3.8, 4) is 5.82 Å². The number of aryl methyl sites for hydroxylation is 2. The standard InChI is InChI=1S/C23H28N4O2/c1-17-15-21(19(3)27(17)22-16-18(2)29-24-22)23(28)26-13-11-25(12-14-26)10-9-20-7-5-4-6-8-20/h4-8,15-16H,9-14H2,1-3H3. The molecule has 0 aliphatic carbocycles. The van der Waals surface area contributed by atoms with Crippen molar-refractivity contribution in [3.63, 3.8) is 0 Å². The molecule has 152 valence electrons. The fourth-order valence-electron chi connectivity index (χ4n) is 4.07. The van der Waals surface area contributed by atoms with Crippen LogP contribution in [-0.4, -0.2) is 58.2 Å². The molecule has 3 heterocycles. The van der Waals surface area contributed by atoms with Crippen molar-refractivity contribution in [2.45, 2.75) is 27.2 Å². The minimum Gasteiger partial charge on any atom is -0.360 e. The van der Waals surface area contributed by atoms with Crippen LogP contribution in [-0.2, 0) is 6.42 Å². The van der Waals surface area contributed by atoms with Crippen molar-refractivity contribution in [2.24, 2.45) is 0 Å². The maximum absolute atomic E-state index is 13.2. The maximum Gasteiger partial charge on any atom is 0.255 e. The summed E-state index contributed by atoms with van der Waals surface area (Å²) >= 11 is 0. The Kier molecular flexibility index (Phi) is 5.53. The Hall–Kier alpha value is -2.86. The number of benzene rings is 1. The summed E-state index contributed by atoms with van der Waals surface area (Å²) in [6, 6.07) is 14.4. The average Bonchev–Trinajstić information content (AvgIpc) is 3.29. The lowest BCUT2D eigenvalue weighted by atomic mass is 10.1. The van der Waals surface area contributed by atoms with Crippen LogP contribution in [0.3, 0.4) is 0 Å². The molecule has 0 N–H and O–H groups in total. The zero-order chi connectivity index (χ0) is 20.4. The summed E-state index contributed by atoms with van der Waals surface area (Å²) in [6.07, 6.45) is 1.05. The lowest BCUT2D eigenvalue weighted by molar-refractivity contribution is 0.0638. The van der Waals surface area contributed by atoms with Crippen LogP contribution < -0.4 is 0 Å². The van der Waals surface area contributed by atoms with Crippen molar-refractivity contribution in [2.75, 3.05) is 32.7 Å². The van der Waals surface area contributed by atoms with Gasteiger partial charge >= 0.3 is 0 Å². The number of carbonyl (C=O) groups excluding carboxylic acids is 1. The Labute approximate surface area is 171 Å². The lowest BCUT2D eigenvalue weighted by Crippen LogP contribution is -2.49. The van der Waals surface area contributed by atoms with Gasteiger partial charge in [0.15, 0.2) is 5.82 Å². The predicted octanol–water partition coefficient (Wildman–Crippen LogP) is 3.39. The number of hydrogen-bond donors (Lipinski definition) is 0. The SMILES string of the molecule is Cc1cc(-n2c(C)cc(C(=O)N3CCN(CCc4ccccc4)CC3)c2C)no1. The van der Waals surface area contributed by atoms with E-state index in [1.807, 2.05) is 42.4 Å². The van der Waals surface area contributed by atoms with Gasteiger partial charge in [0, 0.05) is 50.2 Å². The fraction of sp³-hybridized carbons (Fsp3) is 0.391. The highest BCUT2D eigenvalue weighted by Gasteiger charge is 2.26. The monoisotopic (exact) mass is 392 g/mol. The Morgan fingerprint density at radius 1 is 1.03 bits per heavy atom. The Bertz CT molecular complexity index is 982. The van der Waals surface area contributed by atoms with Gasteiger partial charge < -0.3 is 9.42 Å². The van der Waals surface area contributed by atoms with Crippen molar-refractivity contribution >= 4 is 5.91 Å². The summed E-state index contributed by atoms with van der Waals surface area (Å²) in [5, 5.41) is 4.10. The summed E-state index contributed by atoms with van der Waals surface area (Å²) in [5.74, 6) is 1.58. The predicted molar refractivity (Wildman–Crippen MR) is 113 cm³/mol. The lowest BCUT2D eigenvalue weighted by Gasteiger charge is -2.34. The first-order chi connectivity index (χ1) is 14.0. The molecule has 1 aliphatic heterocycles. The normalized spacial score (nSPS) is 15.1. The molecule has 0 radical (unpaired) electrons. The molecule has 4 rings (SSSR count). The Morgan fingerprint density at radius 2 is 1.76 bits per heavy atom. The molecule has 1 amide bonds. The Morgan fingerprint density at radius 3 is 2.41 bits per heavy atom. The van der Waals surface area contributed by atoms with Gasteiger partial charge in [-0.1, -0.05) is 35.5 Å². The van der Waals surface area contributed by atoms with Gasteiger partial charge in [-0.05, 0) is 38.8 Å². The number of amides is 1. The zero-order valence-electron chi connectivity index (χ0n) is 17.4. The largest absolute Gasteiger partial charge is 0.360 e. The number of nitrogens with zero attached hydrogens (tertiary/aromatic N) is 4. The number of rotatable bonds is 5. The summed E-state index contributed by atoms with van der Waals surface area (Å²) in [6.45, 7) is 10.2. The number of carbonyl (C=O) groups is 1. The van der Waals surface area contributed by atoms with Crippen LogP contribution in [0.1, 0.15) is 33.1 Å². The first-order valence-electron chi connectivity index (χ1n) is 10.2. The summed E-state index contributed by atoms with van der Waals surface area (Å²) in [5.41, 5.74) is 4.01. The van der Waals surface area contributed by atoms with Gasteiger partial charge in [-0.2, -0.15) is 0 Å². The summed E-state index contributed by atoms with van der Waals surface area (Å²) < 4.78 is 7.20. The van der Waals surface area contributed by atoms with Crippen molar-refractivity contribution in [3.05, 3.63) is 70.7 Å². The van der Waals surface area contributed by atoms with Crippen molar-refractivity contribution in [1.29, 1.82) is 0 Å². The minimum atomic E-state index is 0.104. The minimum absolute atomic E-state index is 0.104. The molecule has 0 bridgehead atoms. The number of hydrogen-bond acceptors (Lipinski definition) is 4. The zero-order valence-corrected chi connectivity index (χ0v) is 17.4. The number of aromatic nitrogens is 2. The van der Waals surface area contributed by atoms with Crippen LogP contribution in [0.5, 0.6) is 0 Å². The molecule has 3 aromatic rings. The van der Waals surface area contributed by atoms with E-state index >= 15 is 0 Å². The smallest absolute Gasteiger partial charge is 0.255 e. The van der Waals surface area contributed by atoms with Crippen LogP contribution in [0.25, 0.3) is 5.82 Å². The molecule has 1 fully saturated rings. The molecular weight excluding hydrogens is 364 g/mol. The van der Waals surface area contributed by atoms with Crippen LogP contribution in [0.4, 0.5) is 0 Å². The highest BCUT2D eigenvalue weighted by molar-refractivity contribution is 5.96. The van der Waals surface area contributed by atoms with Gasteiger partial charge in [-0.25, -0.2) is 0 Å². The molecular formula is C23H28N4O2. The van der Waals surface area contributed by atoms with E-state index in [1.165, 1.54) is 5.56 Å². The van der Waals surface area contributed by atoms with Crippen molar-refractivity contribution in [1.82, 2.24) is 19.5 Å². The Balaban J connectivity index is 1.39. The third-order valence-corrected chi connectivity index (χ3v) is 5.73. The van der Waals surface area contributed by atoms with E-state index in [9.17, 15) is 4.79 Å². The molecule has 0 unspecified atom stereocenters. The van der Waals surface area contributed by atoms with Crippen molar-refractivity contribution < 1.29 is 9.32 Å². The molecule has 0 saturated carbocycles. The first kappa shape index (κ1) is 19.5. The second-order valence-electron chi connectivity index (χ2n) is 7.79. The summed E-state index contributed by atoms with van der Waals surface area (Å²) in [4.78, 5) is 17.6. The van der Waals surface area contributed by atoms with Gasteiger partial charge in [0.1, 0.15) is 5.76 Å². The van der Waals surface area contributed by atoms with Gasteiger partial charge in [-0.3, -0.25) is 14.3 Å². The molecule has 6 heteroatoms. The highest BCUT2D eigenvalue weighted by atomic mass is 16.5. The van der Waals surface area contributed by atoms with E-state index in [1.54, 1.807) is 0 Å². The van der Waals surface area contributed by atoms with E-state index in [2.05, 4.69) is 40.4 Å². The molecule has 1 saturated heterocycles. The molecule has 6 nitrogen and oxygen atoms in total. The summed E-state index contributed by atoms with van der Waals surface area (Å²) in [7, 11) is 0. The fourth-order valence-corrected chi connectivity index (χ4v) is 4.07. The molecule has 1 aromatic carbocycles. The van der Waals surface area contributed by atoms with Gasteiger partial charge in [0.05, 0.1) is 5.56 Å². The average molecular weight is 393 g/mol. The van der Waals surface area contributed by atoms with E-state index < -0.39 is 0 Å². The number of piperazine rings is 1. The van der Waals surface area contributed by atoms with E-state index in [0.717, 1.165) is 67.7 Å². The third-order valence-electron chi connectivity index (χ3n) is 5.73. The molecule has 0 atom stereocenters. The highest BCUT2D eigenvalue weighted by Crippen LogP contribution is 2.22. The van der Waals surface area contributed by atoms with E-state index in [-0.39, 0.29) is 5.91 Å². The van der Waals surface area contributed by atoms with Gasteiger partial charge in [-0.15, -0.1) is 0 Å². The van der Waals surface area contributed by atoms with Crippen LogP contribution in [0.15, 0.2) is 47.0 Å². The quantitative estimate of drug-likeness (QED) is 0.668. The molecule has 2 aromatic heterocycles. The van der Waals surface area contributed by atoms with Crippen LogP contribution in [0, 0.1) is 20.8 Å². The van der Waals surface area contributed by atoms with Gasteiger partial charge in [0.2, 0.25) is 0 Å². The molecule has 0 spiro atoms. The second-order valence-corrected chi connectivity index (χ2v) is 7.79. The first-order valence-corrected chi connectivity index (χ1v) is 10.2. The van der Waals surface area contributed by atoms with Crippen LogP contribution >= 0.6 is 0 Å². The van der Waals surface area contributed by atoms with Crippen LogP contribution in [0.2, 0.25) is 0 Å². The van der Waals surface area contributed by atoms with E-state index in [0.29, 0.717) is 0 Å². The van der Waals surface area contributed by atoms with Gasteiger partial charge in [0.25, 0.3) is 5.91 Å². The van der Waals surface area contributed by atoms with E-state index in [4.69, 9.17) is 4.52 Å². The molecule has 29 heavy (non-hydrogen) atoms. The topological polar surface area (TPSA) is 54.5 Å². The second kappa shape index (κ2) is 8.25. The maximum atomic E-state index is 13.2.